The average Bonchev–Trinajstić information content (AvgIpc) is 2.76. The van der Waals surface area contributed by atoms with E-state index in [0.717, 1.165) is 4.90 Å². The van der Waals surface area contributed by atoms with Crippen LogP contribution >= 0.6 is 0 Å². The molecule has 6 nitrogen and oxygen atoms in total. The third-order valence-corrected chi connectivity index (χ3v) is 4.33. The molecule has 0 aliphatic carbocycles. The predicted molar refractivity (Wildman–Crippen MR) is 77.0 cm³/mol. The van der Waals surface area contributed by atoms with E-state index in [1.54, 1.807) is 24.3 Å². The Balaban J connectivity index is 2.08. The molecule has 1 N–H and O–H groups in total. The molecule has 1 aromatic carbocycles. The number of amides is 4. The zero-order valence-corrected chi connectivity index (χ0v) is 12.2. The number of hydrogen-bond acceptors (Lipinski definition) is 4. The molecule has 0 unspecified atom stereocenters. The molecule has 0 bridgehead atoms. The normalized spacial score (nSPS) is 24.5. The van der Waals surface area contributed by atoms with Crippen molar-refractivity contribution < 1.29 is 19.2 Å². The smallest absolute Gasteiger partial charge is 0.262 e. The van der Waals surface area contributed by atoms with Gasteiger partial charge in [-0.1, -0.05) is 25.5 Å². The summed E-state index contributed by atoms with van der Waals surface area (Å²) < 4.78 is 0. The number of rotatable bonds is 3. The molecule has 0 aromatic heterocycles. The van der Waals surface area contributed by atoms with Gasteiger partial charge in [-0.2, -0.15) is 0 Å². The van der Waals surface area contributed by atoms with Crippen LogP contribution in [-0.2, 0) is 9.59 Å². The largest absolute Gasteiger partial charge is 0.294 e. The summed E-state index contributed by atoms with van der Waals surface area (Å²) in [4.78, 5) is 50.3. The first-order valence-corrected chi connectivity index (χ1v) is 7.33. The third-order valence-electron chi connectivity index (χ3n) is 4.33. The van der Waals surface area contributed by atoms with E-state index in [0.29, 0.717) is 24.0 Å². The Hall–Kier alpha value is -2.50. The highest BCUT2D eigenvalue weighted by Crippen LogP contribution is 2.37. The molecule has 3 rings (SSSR count). The number of nitrogens with zero attached hydrogens (tertiary/aromatic N) is 1. The van der Waals surface area contributed by atoms with Gasteiger partial charge in [0.25, 0.3) is 17.7 Å². The van der Waals surface area contributed by atoms with Crippen molar-refractivity contribution in [1.29, 1.82) is 0 Å². The molecule has 1 atom stereocenters. The van der Waals surface area contributed by atoms with Gasteiger partial charge in [0.1, 0.15) is 5.54 Å². The second-order valence-corrected chi connectivity index (χ2v) is 5.65. The van der Waals surface area contributed by atoms with Crippen molar-refractivity contribution in [3.8, 4) is 0 Å². The van der Waals surface area contributed by atoms with Crippen LogP contribution in [0.2, 0.25) is 0 Å². The second-order valence-electron chi connectivity index (χ2n) is 5.65. The van der Waals surface area contributed by atoms with E-state index in [1.807, 2.05) is 6.92 Å². The minimum atomic E-state index is -1.27. The molecule has 0 radical (unpaired) electrons. The number of nitrogens with one attached hydrogen (secondary N) is 1. The Morgan fingerprint density at radius 1 is 1.09 bits per heavy atom. The van der Waals surface area contributed by atoms with Crippen LogP contribution < -0.4 is 5.32 Å². The lowest BCUT2D eigenvalue weighted by Gasteiger charge is -2.41. The summed E-state index contributed by atoms with van der Waals surface area (Å²) in [5, 5.41) is 2.28. The Morgan fingerprint density at radius 2 is 1.68 bits per heavy atom. The zero-order chi connectivity index (χ0) is 15.9. The molecule has 1 fully saturated rings. The van der Waals surface area contributed by atoms with E-state index in [-0.39, 0.29) is 18.7 Å². The minimum absolute atomic E-state index is 0.124. The highest BCUT2D eigenvalue weighted by Gasteiger charge is 2.54. The number of piperidine rings is 1. The third kappa shape index (κ3) is 1.87. The first-order chi connectivity index (χ1) is 10.5. The van der Waals surface area contributed by atoms with Gasteiger partial charge >= 0.3 is 0 Å². The summed E-state index contributed by atoms with van der Waals surface area (Å²) in [5.41, 5.74) is -0.643. The van der Waals surface area contributed by atoms with Crippen LogP contribution in [-0.4, -0.2) is 34.1 Å². The van der Waals surface area contributed by atoms with Gasteiger partial charge in [0.15, 0.2) is 0 Å². The van der Waals surface area contributed by atoms with Crippen LogP contribution in [0.1, 0.15) is 53.3 Å². The van der Waals surface area contributed by atoms with Gasteiger partial charge in [-0.15, -0.1) is 0 Å². The van der Waals surface area contributed by atoms with Gasteiger partial charge in [-0.25, -0.2) is 0 Å². The molecular weight excluding hydrogens is 284 g/mol. The van der Waals surface area contributed by atoms with Crippen LogP contribution in [0.5, 0.6) is 0 Å². The van der Waals surface area contributed by atoms with Crippen LogP contribution in [0.3, 0.4) is 0 Å². The van der Waals surface area contributed by atoms with Crippen molar-refractivity contribution in [3.05, 3.63) is 35.4 Å². The first kappa shape index (κ1) is 14.4. The number of fused-ring (bicyclic) bond motifs is 1. The Labute approximate surface area is 127 Å². The zero-order valence-electron chi connectivity index (χ0n) is 12.2. The SMILES string of the molecule is CCC[C@]1(N2C(=O)c3ccccc3C2=O)CCC(=O)NC1=O. The molecule has 2 heterocycles. The van der Waals surface area contributed by atoms with E-state index >= 15 is 0 Å². The van der Waals surface area contributed by atoms with Gasteiger partial charge in [-0.05, 0) is 25.0 Å². The molecule has 0 saturated carbocycles. The Bertz CT molecular complexity index is 662. The predicted octanol–water partition coefficient (Wildman–Crippen LogP) is 1.26. The molecular formula is C16H16N2O4. The van der Waals surface area contributed by atoms with E-state index in [4.69, 9.17) is 0 Å². The molecule has 0 spiro atoms. The molecule has 6 heteroatoms. The van der Waals surface area contributed by atoms with Crippen LogP contribution in [0.15, 0.2) is 24.3 Å². The van der Waals surface area contributed by atoms with Gasteiger partial charge in [0.05, 0.1) is 11.1 Å². The Kier molecular flexibility index (Phi) is 3.31. The van der Waals surface area contributed by atoms with Crippen LogP contribution in [0.4, 0.5) is 0 Å². The Morgan fingerprint density at radius 3 is 2.18 bits per heavy atom. The lowest BCUT2D eigenvalue weighted by molar-refractivity contribution is -0.142. The molecule has 2 aliphatic rings. The number of imide groups is 2. The summed E-state index contributed by atoms with van der Waals surface area (Å²) in [7, 11) is 0. The van der Waals surface area contributed by atoms with Crippen molar-refractivity contribution in [2.45, 2.75) is 38.1 Å². The molecule has 4 amide bonds. The maximum atomic E-state index is 12.7. The number of benzene rings is 1. The molecule has 2 aliphatic heterocycles. The van der Waals surface area contributed by atoms with E-state index in [2.05, 4.69) is 5.32 Å². The number of hydrogen-bond donors (Lipinski definition) is 1. The van der Waals surface area contributed by atoms with Crippen LogP contribution in [0.25, 0.3) is 0 Å². The fraction of sp³-hybridized carbons (Fsp3) is 0.375. The van der Waals surface area contributed by atoms with E-state index < -0.39 is 23.3 Å². The fourth-order valence-electron chi connectivity index (χ4n) is 3.29. The number of carbonyl (C=O) groups is 4. The standard InChI is InChI=1S/C16H16N2O4/c1-2-8-16(9-7-12(19)17-15(16)22)18-13(20)10-5-3-4-6-11(10)14(18)21/h3-6H,2,7-9H2,1H3,(H,17,19,22)/t16-/m0/s1. The summed E-state index contributed by atoms with van der Waals surface area (Å²) in [6.07, 6.45) is 1.27. The highest BCUT2D eigenvalue weighted by molar-refractivity contribution is 6.24. The molecule has 1 saturated heterocycles. The maximum Gasteiger partial charge on any atom is 0.262 e. The van der Waals surface area contributed by atoms with E-state index in [1.165, 1.54) is 0 Å². The lowest BCUT2D eigenvalue weighted by Crippen LogP contribution is -2.64. The summed E-state index contributed by atoms with van der Waals surface area (Å²) >= 11 is 0. The lowest BCUT2D eigenvalue weighted by atomic mass is 9.83. The van der Waals surface area contributed by atoms with Gasteiger partial charge in [-0.3, -0.25) is 29.4 Å². The molecule has 114 valence electrons. The van der Waals surface area contributed by atoms with Gasteiger partial charge in [0, 0.05) is 6.42 Å². The monoisotopic (exact) mass is 300 g/mol. The summed E-state index contributed by atoms with van der Waals surface area (Å²) in [6.45, 7) is 1.88. The van der Waals surface area contributed by atoms with Crippen molar-refractivity contribution in [2.24, 2.45) is 0 Å². The first-order valence-electron chi connectivity index (χ1n) is 7.33. The number of carbonyl (C=O) groups excluding carboxylic acids is 4. The van der Waals surface area contributed by atoms with Crippen molar-refractivity contribution in [2.75, 3.05) is 0 Å². The topological polar surface area (TPSA) is 83.6 Å². The van der Waals surface area contributed by atoms with Crippen LogP contribution in [0, 0.1) is 0 Å². The van der Waals surface area contributed by atoms with Gasteiger partial charge < -0.3 is 0 Å². The summed E-state index contributed by atoms with van der Waals surface area (Å²) in [6, 6.07) is 6.54. The molecule has 22 heavy (non-hydrogen) atoms. The molecule has 1 aromatic rings. The second kappa shape index (κ2) is 5.05. The van der Waals surface area contributed by atoms with Gasteiger partial charge in [0.2, 0.25) is 5.91 Å². The van der Waals surface area contributed by atoms with Crippen molar-refractivity contribution in [3.63, 3.8) is 0 Å². The summed E-state index contributed by atoms with van der Waals surface area (Å²) in [5.74, 6) is -1.84. The van der Waals surface area contributed by atoms with E-state index in [9.17, 15) is 19.2 Å². The maximum absolute atomic E-state index is 12.7. The minimum Gasteiger partial charge on any atom is -0.294 e. The van der Waals surface area contributed by atoms with Crippen molar-refractivity contribution in [1.82, 2.24) is 10.2 Å². The quantitative estimate of drug-likeness (QED) is 0.852. The van der Waals surface area contributed by atoms with Crippen molar-refractivity contribution >= 4 is 23.6 Å². The fourth-order valence-corrected chi connectivity index (χ4v) is 3.29. The highest BCUT2D eigenvalue weighted by atomic mass is 16.2. The average molecular weight is 300 g/mol.